The summed E-state index contributed by atoms with van der Waals surface area (Å²) < 4.78 is 5.36. The van der Waals surface area contributed by atoms with Crippen molar-refractivity contribution in [2.75, 3.05) is 18.0 Å². The second-order valence-electron chi connectivity index (χ2n) is 6.53. The molecule has 0 aliphatic carbocycles. The number of anilines is 1. The summed E-state index contributed by atoms with van der Waals surface area (Å²) in [6.45, 7) is 1.46. The van der Waals surface area contributed by atoms with Crippen molar-refractivity contribution in [1.82, 2.24) is 15.1 Å². The van der Waals surface area contributed by atoms with Gasteiger partial charge in [0, 0.05) is 29.9 Å². The lowest BCUT2D eigenvalue weighted by Crippen LogP contribution is -2.41. The predicted molar refractivity (Wildman–Crippen MR) is 102 cm³/mol. The first kappa shape index (κ1) is 17.5. The Kier molecular flexibility index (Phi) is 4.77. The highest BCUT2D eigenvalue weighted by atomic mass is 35.5. The number of carbonyl (C=O) groups excluding carboxylic acids is 1. The number of piperidine rings is 1. The van der Waals surface area contributed by atoms with Gasteiger partial charge in [0.1, 0.15) is 5.82 Å². The maximum Gasteiger partial charge on any atom is 0.259 e. The molecule has 0 bridgehead atoms. The van der Waals surface area contributed by atoms with E-state index in [1.165, 1.54) is 0 Å². The molecule has 0 saturated carbocycles. The normalized spacial score (nSPS) is 17.1. The summed E-state index contributed by atoms with van der Waals surface area (Å²) in [5.74, 6) is 1.28. The third kappa shape index (κ3) is 3.78. The molecule has 1 amide bonds. The van der Waals surface area contributed by atoms with Gasteiger partial charge >= 0.3 is 0 Å². The highest BCUT2D eigenvalue weighted by molar-refractivity contribution is 6.30. The van der Waals surface area contributed by atoms with Crippen molar-refractivity contribution < 1.29 is 9.32 Å². The van der Waals surface area contributed by atoms with E-state index >= 15 is 0 Å². The molecule has 2 aromatic heterocycles. The Hall–Kier alpha value is -2.93. The van der Waals surface area contributed by atoms with Crippen LogP contribution in [0, 0.1) is 5.92 Å². The Balaban J connectivity index is 1.52. The van der Waals surface area contributed by atoms with Crippen LogP contribution in [0.5, 0.6) is 0 Å². The van der Waals surface area contributed by atoms with Gasteiger partial charge in [-0.25, -0.2) is 4.98 Å². The maximum absolute atomic E-state index is 11.4. The first-order valence-electron chi connectivity index (χ1n) is 8.70. The van der Waals surface area contributed by atoms with Crippen molar-refractivity contribution in [2.24, 2.45) is 11.7 Å². The highest BCUT2D eigenvalue weighted by Gasteiger charge is 2.24. The number of aromatic nitrogens is 3. The van der Waals surface area contributed by atoms with E-state index in [0.29, 0.717) is 23.3 Å². The summed E-state index contributed by atoms with van der Waals surface area (Å²) in [5.41, 5.74) is 6.96. The summed E-state index contributed by atoms with van der Waals surface area (Å²) in [5, 5.41) is 4.62. The monoisotopic (exact) mass is 383 g/mol. The molecule has 1 aliphatic rings. The fourth-order valence-corrected chi connectivity index (χ4v) is 3.39. The van der Waals surface area contributed by atoms with Gasteiger partial charge in [0.05, 0.1) is 11.5 Å². The zero-order valence-corrected chi connectivity index (χ0v) is 15.3. The molecule has 1 aliphatic heterocycles. The van der Waals surface area contributed by atoms with Crippen LogP contribution in [0.3, 0.4) is 0 Å². The molecule has 0 radical (unpaired) electrons. The molecule has 1 fully saturated rings. The number of carbonyl (C=O) groups is 1. The number of nitrogens with zero attached hydrogens (tertiary/aromatic N) is 4. The second kappa shape index (κ2) is 7.36. The third-order valence-corrected chi connectivity index (χ3v) is 4.89. The van der Waals surface area contributed by atoms with Gasteiger partial charge in [0.2, 0.25) is 11.7 Å². The van der Waals surface area contributed by atoms with Crippen LogP contribution in [0.15, 0.2) is 47.1 Å². The molecule has 27 heavy (non-hydrogen) atoms. The number of hydrogen-bond donors (Lipinski definition) is 1. The Bertz CT molecular complexity index is 957. The standard InChI is InChI=1S/C19H18ClN5O2/c20-15-5-1-3-12(9-15)18-23-19(27-24-18)13-6-7-16(22-10-13)25-8-2-4-14(11-25)17(21)26/h1,3,5-7,9-10,14H,2,4,8,11H2,(H2,21,26). The lowest BCUT2D eigenvalue weighted by Gasteiger charge is -2.32. The van der Waals surface area contributed by atoms with Crippen LogP contribution in [0.2, 0.25) is 5.02 Å². The van der Waals surface area contributed by atoms with Crippen LogP contribution in [-0.2, 0) is 4.79 Å². The van der Waals surface area contributed by atoms with Gasteiger partial charge in [-0.1, -0.05) is 28.9 Å². The van der Waals surface area contributed by atoms with Crippen LogP contribution >= 0.6 is 11.6 Å². The van der Waals surface area contributed by atoms with Crippen LogP contribution in [0.25, 0.3) is 22.8 Å². The molecule has 0 spiro atoms. The number of primary amides is 1. The predicted octanol–water partition coefficient (Wildman–Crippen LogP) is 3.15. The summed E-state index contributed by atoms with van der Waals surface area (Å²) in [6, 6.07) is 11.0. The van der Waals surface area contributed by atoms with Crippen LogP contribution in [0.1, 0.15) is 12.8 Å². The van der Waals surface area contributed by atoms with Gasteiger partial charge < -0.3 is 15.2 Å². The SMILES string of the molecule is NC(=O)C1CCCN(c2ccc(-c3nc(-c4cccc(Cl)c4)no3)cn2)C1. The van der Waals surface area contributed by atoms with E-state index < -0.39 is 0 Å². The summed E-state index contributed by atoms with van der Waals surface area (Å²) >= 11 is 6.01. The molecular formula is C19H18ClN5O2. The van der Waals surface area contributed by atoms with E-state index in [4.69, 9.17) is 21.9 Å². The van der Waals surface area contributed by atoms with E-state index in [1.54, 1.807) is 18.3 Å². The van der Waals surface area contributed by atoms with Crippen molar-refractivity contribution in [2.45, 2.75) is 12.8 Å². The average molecular weight is 384 g/mol. The fraction of sp³-hybridized carbons (Fsp3) is 0.263. The van der Waals surface area contributed by atoms with Crippen molar-refractivity contribution in [3.8, 4) is 22.8 Å². The van der Waals surface area contributed by atoms with Crippen LogP contribution < -0.4 is 10.6 Å². The lowest BCUT2D eigenvalue weighted by atomic mass is 9.97. The molecule has 4 rings (SSSR count). The molecule has 2 N–H and O–H groups in total. The summed E-state index contributed by atoms with van der Waals surface area (Å²) in [4.78, 5) is 22.4. The number of benzene rings is 1. The number of pyridine rings is 1. The second-order valence-corrected chi connectivity index (χ2v) is 6.96. The van der Waals surface area contributed by atoms with Gasteiger partial charge in [-0.15, -0.1) is 0 Å². The van der Waals surface area contributed by atoms with Gasteiger partial charge in [-0.05, 0) is 37.1 Å². The molecular weight excluding hydrogens is 366 g/mol. The zero-order valence-electron chi connectivity index (χ0n) is 14.5. The topological polar surface area (TPSA) is 98.1 Å². The molecule has 1 atom stereocenters. The lowest BCUT2D eigenvalue weighted by molar-refractivity contribution is -0.122. The van der Waals surface area contributed by atoms with Crippen molar-refractivity contribution >= 4 is 23.3 Å². The number of amides is 1. The first-order valence-corrected chi connectivity index (χ1v) is 9.08. The Morgan fingerprint density at radius 2 is 2.15 bits per heavy atom. The molecule has 1 unspecified atom stereocenters. The smallest absolute Gasteiger partial charge is 0.259 e. The Morgan fingerprint density at radius 1 is 1.26 bits per heavy atom. The fourth-order valence-electron chi connectivity index (χ4n) is 3.20. The number of rotatable bonds is 4. The molecule has 8 heteroatoms. The van der Waals surface area contributed by atoms with E-state index in [1.807, 2.05) is 24.3 Å². The molecule has 138 valence electrons. The average Bonchev–Trinajstić information content (AvgIpc) is 3.18. The molecule has 3 heterocycles. The summed E-state index contributed by atoms with van der Waals surface area (Å²) in [7, 11) is 0. The van der Waals surface area contributed by atoms with E-state index in [0.717, 1.165) is 36.3 Å². The van der Waals surface area contributed by atoms with Crippen molar-refractivity contribution in [3.05, 3.63) is 47.6 Å². The Labute approximate surface area is 161 Å². The number of nitrogens with two attached hydrogens (primary N) is 1. The van der Waals surface area contributed by atoms with Crippen molar-refractivity contribution in [3.63, 3.8) is 0 Å². The van der Waals surface area contributed by atoms with Gasteiger partial charge in [0.25, 0.3) is 5.89 Å². The molecule has 3 aromatic rings. The number of halogens is 1. The zero-order chi connectivity index (χ0) is 18.8. The van der Waals surface area contributed by atoms with Crippen molar-refractivity contribution in [1.29, 1.82) is 0 Å². The quantitative estimate of drug-likeness (QED) is 0.743. The van der Waals surface area contributed by atoms with Gasteiger partial charge in [-0.3, -0.25) is 4.79 Å². The number of hydrogen-bond acceptors (Lipinski definition) is 6. The Morgan fingerprint density at radius 3 is 2.89 bits per heavy atom. The summed E-state index contributed by atoms with van der Waals surface area (Å²) in [6.07, 6.45) is 3.44. The van der Waals surface area contributed by atoms with E-state index in [9.17, 15) is 4.79 Å². The largest absolute Gasteiger partial charge is 0.369 e. The third-order valence-electron chi connectivity index (χ3n) is 4.65. The molecule has 7 nitrogen and oxygen atoms in total. The maximum atomic E-state index is 11.4. The minimum Gasteiger partial charge on any atom is -0.369 e. The molecule has 1 saturated heterocycles. The van der Waals surface area contributed by atoms with Crippen LogP contribution in [0.4, 0.5) is 5.82 Å². The molecule has 1 aromatic carbocycles. The van der Waals surface area contributed by atoms with Gasteiger partial charge in [0.15, 0.2) is 0 Å². The minimum absolute atomic E-state index is 0.128. The van der Waals surface area contributed by atoms with E-state index in [2.05, 4.69) is 20.0 Å². The minimum atomic E-state index is -0.254. The van der Waals surface area contributed by atoms with Crippen LogP contribution in [-0.4, -0.2) is 34.1 Å². The van der Waals surface area contributed by atoms with Gasteiger partial charge in [-0.2, -0.15) is 4.98 Å². The highest BCUT2D eigenvalue weighted by Crippen LogP contribution is 2.26. The van der Waals surface area contributed by atoms with E-state index in [-0.39, 0.29) is 11.8 Å². The first-order chi connectivity index (χ1) is 13.1.